The van der Waals surface area contributed by atoms with Crippen LogP contribution in [0.1, 0.15) is 41.4 Å². The molecule has 138 valence electrons. The summed E-state index contributed by atoms with van der Waals surface area (Å²) in [6.45, 7) is 3.88. The minimum Gasteiger partial charge on any atom is -0.335 e. The Morgan fingerprint density at radius 1 is 1.19 bits per heavy atom. The fourth-order valence-corrected chi connectivity index (χ4v) is 4.84. The van der Waals surface area contributed by atoms with E-state index in [1.165, 1.54) is 10.6 Å². The molecule has 2 aromatic rings. The van der Waals surface area contributed by atoms with Gasteiger partial charge in [0.05, 0.1) is 18.0 Å². The number of carbonyl (C=O) groups excluding carboxylic acids is 1. The average Bonchev–Trinajstić information content (AvgIpc) is 2.95. The molecule has 1 heterocycles. The number of amides is 1. The summed E-state index contributed by atoms with van der Waals surface area (Å²) in [5.74, 6) is -0.0744. The molecule has 0 radical (unpaired) electrons. The second kappa shape index (κ2) is 6.76. The van der Waals surface area contributed by atoms with Crippen molar-refractivity contribution in [2.75, 3.05) is 17.6 Å². The lowest BCUT2D eigenvalue weighted by Gasteiger charge is -2.26. The molecule has 6 heteroatoms. The summed E-state index contributed by atoms with van der Waals surface area (Å²) in [5.41, 5.74) is 3.22. The summed E-state index contributed by atoms with van der Waals surface area (Å²) >= 11 is 0. The van der Waals surface area contributed by atoms with Crippen molar-refractivity contribution in [2.24, 2.45) is 0 Å². The van der Waals surface area contributed by atoms with Crippen LogP contribution in [0.4, 0.5) is 5.69 Å². The molecular formula is C20H24N2O3S. The van der Waals surface area contributed by atoms with E-state index in [1.807, 2.05) is 50.2 Å². The van der Waals surface area contributed by atoms with Gasteiger partial charge in [0.15, 0.2) is 0 Å². The fraction of sp³-hybridized carbons (Fsp3) is 0.350. The van der Waals surface area contributed by atoms with Gasteiger partial charge in [-0.2, -0.15) is 0 Å². The van der Waals surface area contributed by atoms with Crippen molar-refractivity contribution in [1.29, 1.82) is 0 Å². The SMILES string of the molecule is C[C@H](c1ccccc1)N(C)C(=O)c1ccc2c(c1)C[C@H](C)N2S(C)(=O)=O. The normalized spacial score (nSPS) is 17.7. The quantitative estimate of drug-likeness (QED) is 0.828. The number of fused-ring (bicyclic) bond motifs is 1. The van der Waals surface area contributed by atoms with E-state index in [4.69, 9.17) is 0 Å². The fourth-order valence-electron chi connectivity index (χ4n) is 3.58. The van der Waals surface area contributed by atoms with E-state index in [9.17, 15) is 13.2 Å². The number of rotatable bonds is 4. The Bertz CT molecular complexity index is 925. The summed E-state index contributed by atoms with van der Waals surface area (Å²) in [7, 11) is -1.54. The van der Waals surface area contributed by atoms with Crippen LogP contribution in [0.2, 0.25) is 0 Å². The maximum atomic E-state index is 12.9. The largest absolute Gasteiger partial charge is 0.335 e. The second-order valence-electron chi connectivity index (χ2n) is 6.96. The number of carbonyl (C=O) groups is 1. The number of benzene rings is 2. The van der Waals surface area contributed by atoms with Gasteiger partial charge in [-0.05, 0) is 49.6 Å². The highest BCUT2D eigenvalue weighted by atomic mass is 32.2. The molecular weight excluding hydrogens is 348 g/mol. The second-order valence-corrected chi connectivity index (χ2v) is 8.82. The summed E-state index contributed by atoms with van der Waals surface area (Å²) in [6, 6.07) is 15.0. The predicted octanol–water partition coefficient (Wildman–Crippen LogP) is 3.23. The first-order valence-corrected chi connectivity index (χ1v) is 10.5. The summed E-state index contributed by atoms with van der Waals surface area (Å²) in [4.78, 5) is 14.6. The number of anilines is 1. The topological polar surface area (TPSA) is 57.7 Å². The van der Waals surface area contributed by atoms with Crippen LogP contribution in [0.25, 0.3) is 0 Å². The summed E-state index contributed by atoms with van der Waals surface area (Å²) < 4.78 is 25.5. The third kappa shape index (κ3) is 3.33. The minimum absolute atomic E-state index is 0.0524. The molecule has 0 fully saturated rings. The first-order valence-electron chi connectivity index (χ1n) is 8.64. The molecule has 5 nitrogen and oxygen atoms in total. The van der Waals surface area contributed by atoms with Gasteiger partial charge in [0.1, 0.15) is 0 Å². The van der Waals surface area contributed by atoms with Gasteiger partial charge in [-0.15, -0.1) is 0 Å². The van der Waals surface area contributed by atoms with E-state index in [2.05, 4.69) is 0 Å². The molecule has 0 aromatic heterocycles. The van der Waals surface area contributed by atoms with E-state index < -0.39 is 10.0 Å². The Kier molecular flexibility index (Phi) is 4.80. The Morgan fingerprint density at radius 2 is 1.85 bits per heavy atom. The smallest absolute Gasteiger partial charge is 0.254 e. The zero-order chi connectivity index (χ0) is 19.1. The number of nitrogens with zero attached hydrogens (tertiary/aromatic N) is 2. The summed E-state index contributed by atoms with van der Waals surface area (Å²) in [6.07, 6.45) is 1.83. The standard InChI is InChI=1S/C20H24N2O3S/c1-14-12-18-13-17(10-11-19(18)22(14)26(4,24)25)20(23)21(3)15(2)16-8-6-5-7-9-16/h5-11,13-15H,12H2,1-4H3/t14-,15+/m0/s1. The lowest BCUT2D eigenvalue weighted by Crippen LogP contribution is -2.34. The van der Waals surface area contributed by atoms with Crippen LogP contribution in [0.15, 0.2) is 48.5 Å². The lowest BCUT2D eigenvalue weighted by atomic mass is 10.0. The van der Waals surface area contributed by atoms with Gasteiger partial charge in [-0.1, -0.05) is 30.3 Å². The van der Waals surface area contributed by atoms with Crippen molar-refractivity contribution in [3.63, 3.8) is 0 Å². The van der Waals surface area contributed by atoms with Crippen molar-refractivity contribution < 1.29 is 13.2 Å². The minimum atomic E-state index is -3.33. The zero-order valence-corrected chi connectivity index (χ0v) is 16.3. The Morgan fingerprint density at radius 3 is 2.46 bits per heavy atom. The molecule has 0 bridgehead atoms. The molecule has 2 aromatic carbocycles. The molecule has 0 aliphatic carbocycles. The number of hydrogen-bond donors (Lipinski definition) is 0. The van der Waals surface area contributed by atoms with E-state index >= 15 is 0 Å². The molecule has 1 aliphatic heterocycles. The number of hydrogen-bond acceptors (Lipinski definition) is 3. The van der Waals surface area contributed by atoms with Crippen molar-refractivity contribution in [2.45, 2.75) is 32.4 Å². The van der Waals surface area contributed by atoms with E-state index in [0.29, 0.717) is 17.7 Å². The van der Waals surface area contributed by atoms with Gasteiger partial charge in [0.2, 0.25) is 10.0 Å². The molecule has 1 aliphatic rings. The van der Waals surface area contributed by atoms with Crippen LogP contribution in [-0.4, -0.2) is 38.6 Å². The van der Waals surface area contributed by atoms with Crippen molar-refractivity contribution in [3.05, 3.63) is 65.2 Å². The van der Waals surface area contributed by atoms with E-state index in [0.717, 1.165) is 11.1 Å². The van der Waals surface area contributed by atoms with Crippen LogP contribution < -0.4 is 4.31 Å². The Labute approximate surface area is 155 Å². The predicted molar refractivity (Wildman–Crippen MR) is 104 cm³/mol. The third-order valence-electron chi connectivity index (χ3n) is 5.02. The highest BCUT2D eigenvalue weighted by molar-refractivity contribution is 7.92. The van der Waals surface area contributed by atoms with Gasteiger partial charge in [-0.25, -0.2) is 8.42 Å². The van der Waals surface area contributed by atoms with Crippen molar-refractivity contribution in [1.82, 2.24) is 4.90 Å². The highest BCUT2D eigenvalue weighted by Crippen LogP contribution is 2.35. The van der Waals surface area contributed by atoms with E-state index in [1.54, 1.807) is 24.1 Å². The van der Waals surface area contributed by atoms with Crippen molar-refractivity contribution in [3.8, 4) is 0 Å². The Hall–Kier alpha value is -2.34. The van der Waals surface area contributed by atoms with Gasteiger partial charge >= 0.3 is 0 Å². The van der Waals surface area contributed by atoms with Crippen LogP contribution in [-0.2, 0) is 16.4 Å². The van der Waals surface area contributed by atoms with Crippen LogP contribution in [0.5, 0.6) is 0 Å². The molecule has 3 rings (SSSR count). The molecule has 2 atom stereocenters. The first kappa shape index (κ1) is 18.5. The van der Waals surface area contributed by atoms with Crippen molar-refractivity contribution >= 4 is 21.6 Å². The van der Waals surface area contributed by atoms with Gasteiger partial charge in [0.25, 0.3) is 5.91 Å². The van der Waals surface area contributed by atoms with Crippen LogP contribution in [0.3, 0.4) is 0 Å². The number of sulfonamides is 1. The maximum Gasteiger partial charge on any atom is 0.254 e. The molecule has 26 heavy (non-hydrogen) atoms. The Balaban J connectivity index is 1.87. The third-order valence-corrected chi connectivity index (χ3v) is 6.29. The summed E-state index contributed by atoms with van der Waals surface area (Å²) in [5, 5.41) is 0. The van der Waals surface area contributed by atoms with Gasteiger partial charge in [0, 0.05) is 18.7 Å². The van der Waals surface area contributed by atoms with Crippen LogP contribution in [0, 0.1) is 0 Å². The zero-order valence-electron chi connectivity index (χ0n) is 15.5. The molecule has 1 amide bonds. The monoisotopic (exact) mass is 372 g/mol. The van der Waals surface area contributed by atoms with Gasteiger partial charge in [-0.3, -0.25) is 9.10 Å². The molecule has 0 unspecified atom stereocenters. The maximum absolute atomic E-state index is 12.9. The molecule has 0 saturated heterocycles. The first-order chi connectivity index (χ1) is 12.2. The molecule has 0 spiro atoms. The highest BCUT2D eigenvalue weighted by Gasteiger charge is 2.33. The lowest BCUT2D eigenvalue weighted by molar-refractivity contribution is 0.0742. The van der Waals surface area contributed by atoms with E-state index in [-0.39, 0.29) is 18.0 Å². The average molecular weight is 372 g/mol. The van der Waals surface area contributed by atoms with Gasteiger partial charge < -0.3 is 4.90 Å². The molecule has 0 N–H and O–H groups in total. The molecule has 0 saturated carbocycles. The van der Waals surface area contributed by atoms with Crippen LogP contribution >= 0.6 is 0 Å².